The molecular formula is C73H54BN3OS. The fourth-order valence-electron chi connectivity index (χ4n) is 12.2. The van der Waals surface area contributed by atoms with Crippen LogP contribution in [0, 0.1) is 25.0 Å². The van der Waals surface area contributed by atoms with Crippen molar-refractivity contribution in [2.24, 2.45) is 0 Å². The normalized spacial score (nSPS) is 13.8. The molecule has 0 atom stereocenters. The van der Waals surface area contributed by atoms with Gasteiger partial charge in [0.25, 0.3) is 6.71 Å². The predicted octanol–water partition coefficient (Wildman–Crippen LogP) is 17.8. The molecule has 0 radical (unpaired) electrons. The quantitative estimate of drug-likeness (QED) is 0.142. The lowest BCUT2D eigenvalue weighted by molar-refractivity contribution is 0.486. The van der Waals surface area contributed by atoms with Gasteiger partial charge in [0.1, 0.15) is 11.5 Å². The Balaban J connectivity index is 1.01. The average Bonchev–Trinajstić information content (AvgIpc) is 2.17. The molecule has 0 spiro atoms. The average molecular weight is 1040 g/mol. The molecule has 0 N–H and O–H groups in total. The number of aryl methyl sites for hydroxylation is 2. The van der Waals surface area contributed by atoms with Crippen LogP contribution in [0.25, 0.3) is 72.0 Å². The predicted molar refractivity (Wildman–Crippen MR) is 332 cm³/mol. The Kier molecular flexibility index (Phi) is 10.1. The highest BCUT2D eigenvalue weighted by Gasteiger charge is 2.40. The van der Waals surface area contributed by atoms with Crippen molar-refractivity contribution in [3.8, 4) is 67.8 Å². The number of fused-ring (bicyclic) bond motifs is 7. The molecule has 4 nitrogen and oxygen atoms in total. The Hall–Kier alpha value is -9.28. The van der Waals surface area contributed by atoms with Gasteiger partial charge in [-0.25, -0.2) is 0 Å². The van der Waals surface area contributed by atoms with E-state index in [1.807, 2.05) is 60.7 Å². The van der Waals surface area contributed by atoms with Gasteiger partial charge >= 0.3 is 0 Å². The number of aromatic nitrogens is 1. The van der Waals surface area contributed by atoms with Gasteiger partial charge in [0.15, 0.2) is 0 Å². The highest BCUT2D eigenvalue weighted by molar-refractivity contribution is 8.00. The molecule has 0 saturated heterocycles. The minimum atomic E-state index is -2.43. The van der Waals surface area contributed by atoms with Crippen molar-refractivity contribution in [2.45, 2.75) is 49.7 Å². The molecule has 0 fully saturated rings. The Bertz CT molecular complexity index is 4550. The van der Waals surface area contributed by atoms with Crippen molar-refractivity contribution >= 4 is 73.7 Å². The summed E-state index contributed by atoms with van der Waals surface area (Å²) in [7, 11) is 0. The molecule has 0 bridgehead atoms. The molecule has 2 aliphatic rings. The van der Waals surface area contributed by atoms with Gasteiger partial charge in [0, 0.05) is 51.4 Å². The maximum atomic E-state index is 10.9. The van der Waals surface area contributed by atoms with E-state index in [1.54, 1.807) is 36.0 Å². The molecule has 6 heteroatoms. The summed E-state index contributed by atoms with van der Waals surface area (Å²) in [4.78, 5) is 4.34. The first-order valence-corrected chi connectivity index (χ1v) is 27.5. The highest BCUT2D eigenvalue weighted by atomic mass is 32.2. The maximum absolute atomic E-state index is 10.9. The Morgan fingerprint density at radius 1 is 0.506 bits per heavy atom. The molecule has 0 aliphatic carbocycles. The third-order valence-corrected chi connectivity index (χ3v) is 16.8. The van der Waals surface area contributed by atoms with Crippen LogP contribution in [0.15, 0.2) is 246 Å². The first-order valence-electron chi connectivity index (χ1n) is 29.7. The van der Waals surface area contributed by atoms with E-state index in [-0.39, 0.29) is 17.8 Å². The molecule has 3 heterocycles. The second-order valence-corrected chi connectivity index (χ2v) is 22.6. The van der Waals surface area contributed by atoms with Crippen LogP contribution < -0.4 is 26.0 Å². The van der Waals surface area contributed by atoms with Gasteiger partial charge in [0.05, 0.1) is 28.4 Å². The van der Waals surface area contributed by atoms with Gasteiger partial charge in [-0.05, 0) is 183 Å². The highest BCUT2D eigenvalue weighted by Crippen LogP contribution is 2.47. The second-order valence-electron chi connectivity index (χ2n) is 21.5. The van der Waals surface area contributed by atoms with Gasteiger partial charge in [-0.3, -0.25) is 0 Å². The van der Waals surface area contributed by atoms with Crippen LogP contribution in [-0.4, -0.2) is 11.3 Å². The zero-order chi connectivity index (χ0) is 58.5. The number of anilines is 3. The van der Waals surface area contributed by atoms with Crippen molar-refractivity contribution in [1.82, 2.24) is 4.57 Å². The van der Waals surface area contributed by atoms with Crippen molar-refractivity contribution in [2.75, 3.05) is 4.90 Å². The van der Waals surface area contributed by atoms with E-state index in [9.17, 15) is 5.26 Å². The molecular weight excluding hydrogens is 978 g/mol. The van der Waals surface area contributed by atoms with E-state index in [4.69, 9.17) is 13.0 Å². The van der Waals surface area contributed by atoms with Crippen LogP contribution in [0.3, 0.4) is 0 Å². The van der Waals surface area contributed by atoms with Crippen molar-refractivity contribution in [3.05, 3.63) is 259 Å². The first kappa shape index (κ1) is 41.8. The smallest absolute Gasteiger partial charge is 0.253 e. The van der Waals surface area contributed by atoms with E-state index in [1.165, 1.54) is 0 Å². The minimum absolute atomic E-state index is 0.195. The summed E-state index contributed by atoms with van der Waals surface area (Å²) in [5.74, 6) is 1.35. The van der Waals surface area contributed by atoms with Crippen LogP contribution >= 0.6 is 11.8 Å². The number of nitrogens with zero attached hydrogens (tertiary/aromatic N) is 3. The zero-order valence-corrected chi connectivity index (χ0v) is 44.6. The molecule has 79 heavy (non-hydrogen) atoms. The largest absolute Gasteiger partial charge is 0.458 e. The van der Waals surface area contributed by atoms with Gasteiger partial charge in [0.2, 0.25) is 0 Å². The van der Waals surface area contributed by atoms with Crippen molar-refractivity contribution < 1.29 is 13.0 Å². The maximum Gasteiger partial charge on any atom is 0.253 e. The van der Waals surface area contributed by atoms with Crippen molar-refractivity contribution in [3.63, 3.8) is 0 Å². The Morgan fingerprint density at radius 2 is 1.06 bits per heavy atom. The summed E-state index contributed by atoms with van der Waals surface area (Å²) < 4.78 is 61.5. The summed E-state index contributed by atoms with van der Waals surface area (Å²) in [5.41, 5.74) is 16.5. The number of para-hydroxylation sites is 4. The lowest BCUT2D eigenvalue weighted by Crippen LogP contribution is -2.57. The lowest BCUT2D eigenvalue weighted by atomic mass is 9.35. The molecule has 2 aliphatic heterocycles. The van der Waals surface area contributed by atoms with Crippen LogP contribution in [0.2, 0.25) is 0 Å². The SMILES string of the molecule is [2H]C([2H])([2H])c1ccccc1-c1cc(-c2cc3c4c(c2)Sc2cc(N(c5ccccc5)c5ccccc5)ccc2B4c2ccc(-c4c(-n5c6ccccc6c6ccccc65)ccc(C#N)c4C(C)(C)C)cc2O3)cc(-c2ccccc2C([2H])([2H])[2H])c1. The van der Waals surface area contributed by atoms with Gasteiger partial charge < -0.3 is 14.2 Å². The van der Waals surface area contributed by atoms with E-state index < -0.39 is 19.1 Å². The molecule has 1 aromatic heterocycles. The molecule has 12 aromatic rings. The number of hydrogen-bond donors (Lipinski definition) is 0. The van der Waals surface area contributed by atoms with Crippen molar-refractivity contribution in [1.29, 1.82) is 5.26 Å². The minimum Gasteiger partial charge on any atom is -0.458 e. The molecule has 0 amide bonds. The van der Waals surface area contributed by atoms with Gasteiger partial charge in [-0.15, -0.1) is 0 Å². The summed E-state index contributed by atoms with van der Waals surface area (Å²) in [6, 6.07) is 82.0. The van der Waals surface area contributed by atoms with E-state index >= 15 is 0 Å². The van der Waals surface area contributed by atoms with Gasteiger partial charge in [-0.1, -0.05) is 178 Å². The molecule has 376 valence electrons. The summed E-state index contributed by atoms with van der Waals surface area (Å²) in [5, 5.41) is 13.2. The van der Waals surface area contributed by atoms with Crippen LogP contribution in [0.4, 0.5) is 17.1 Å². The fourth-order valence-corrected chi connectivity index (χ4v) is 13.5. The number of hydrogen-bond acceptors (Lipinski definition) is 4. The summed E-state index contributed by atoms with van der Waals surface area (Å²) in [6.45, 7) is 1.39. The second kappa shape index (κ2) is 19.0. The number of benzene rings is 11. The molecule has 11 aromatic carbocycles. The summed E-state index contributed by atoms with van der Waals surface area (Å²) >= 11 is 1.69. The Labute approximate surface area is 475 Å². The topological polar surface area (TPSA) is 41.2 Å². The van der Waals surface area contributed by atoms with Crippen LogP contribution in [0.5, 0.6) is 11.5 Å². The number of ether oxygens (including phenoxy) is 1. The Morgan fingerprint density at radius 3 is 1.68 bits per heavy atom. The molecule has 0 unspecified atom stereocenters. The lowest BCUT2D eigenvalue weighted by Gasteiger charge is -2.35. The summed E-state index contributed by atoms with van der Waals surface area (Å²) in [6.07, 6.45) is 0. The van der Waals surface area contributed by atoms with E-state index in [0.29, 0.717) is 39.3 Å². The van der Waals surface area contributed by atoms with E-state index in [0.717, 1.165) is 98.6 Å². The molecule has 14 rings (SSSR count). The fraction of sp³-hybridized carbons (Fsp3) is 0.0822. The zero-order valence-electron chi connectivity index (χ0n) is 49.8. The first-order chi connectivity index (χ1) is 41.0. The standard InChI is InChI=1S/C73H54BN3OS/c1-46-20-12-14-26-57(46)52-38-50(39-53(40-52)58-27-15-13-21-47(58)2)51-42-67-72-69(43-51)79-68-44-56(76(54-22-8-6-9-23-54)55-24-10-7-11-25-55)34-36-62(68)74(72)61-35-32-48(41-66(61)78-67)70-65(37-33-49(45-75)71(70)73(3,4)5)77-63-30-18-16-28-59(63)60-29-17-19-31-64(60)77/h6-44H,1-5H3/i1D3,2D3. The van der Waals surface area contributed by atoms with Crippen LogP contribution in [-0.2, 0) is 5.41 Å². The van der Waals surface area contributed by atoms with Gasteiger partial charge in [-0.2, -0.15) is 5.26 Å². The third kappa shape index (κ3) is 8.15. The third-order valence-electron chi connectivity index (χ3n) is 15.7. The monoisotopic (exact) mass is 1040 g/mol. The van der Waals surface area contributed by atoms with Crippen LogP contribution in [0.1, 0.15) is 51.2 Å². The van der Waals surface area contributed by atoms with E-state index in [2.05, 4.69) is 188 Å². The number of rotatable bonds is 8. The molecule has 0 saturated carbocycles. The number of nitriles is 1.